The van der Waals surface area contributed by atoms with E-state index in [1.165, 1.54) is 0 Å². The van der Waals surface area contributed by atoms with Crippen molar-refractivity contribution in [1.29, 1.82) is 0 Å². The summed E-state index contributed by atoms with van der Waals surface area (Å²) >= 11 is 0. The fourth-order valence-electron chi connectivity index (χ4n) is 4.62. The van der Waals surface area contributed by atoms with Crippen LogP contribution in [0.2, 0.25) is 0 Å². The highest BCUT2D eigenvalue weighted by molar-refractivity contribution is 5.95. The number of hydrogen-bond donors (Lipinski definition) is 0. The molecule has 4 rings (SSSR count). The predicted octanol–water partition coefficient (Wildman–Crippen LogP) is 4.72. The molecule has 0 fully saturated rings. The van der Waals surface area contributed by atoms with Crippen molar-refractivity contribution in [3.05, 3.63) is 76.9 Å². The summed E-state index contributed by atoms with van der Waals surface area (Å²) in [5, 5.41) is 0. The van der Waals surface area contributed by atoms with E-state index in [1.54, 1.807) is 82.7 Å². The van der Waals surface area contributed by atoms with Gasteiger partial charge in [0.1, 0.15) is 23.9 Å². The molecule has 0 aromatic heterocycles. The van der Waals surface area contributed by atoms with Crippen molar-refractivity contribution in [3.63, 3.8) is 0 Å². The lowest BCUT2D eigenvalue weighted by molar-refractivity contribution is 0.0524. The molecule has 1 amide bonds. The Kier molecular flexibility index (Phi) is 8.81. The third-order valence-corrected chi connectivity index (χ3v) is 6.64. The number of carbonyl (C=O) groups is 2. The Morgan fingerprint density at radius 1 is 0.795 bits per heavy atom. The van der Waals surface area contributed by atoms with Crippen LogP contribution in [0.3, 0.4) is 0 Å². The second-order valence-corrected chi connectivity index (χ2v) is 8.83. The number of nitrogens with zero attached hydrogens (tertiary/aromatic N) is 1. The maximum absolute atomic E-state index is 13.9. The van der Waals surface area contributed by atoms with Gasteiger partial charge in [0.05, 0.1) is 46.7 Å². The zero-order chi connectivity index (χ0) is 27.9. The molecular formula is C30H33NO8. The van der Waals surface area contributed by atoms with Gasteiger partial charge in [-0.3, -0.25) is 4.79 Å². The predicted molar refractivity (Wildman–Crippen MR) is 144 cm³/mol. The van der Waals surface area contributed by atoms with Gasteiger partial charge in [-0.2, -0.15) is 0 Å². The Balaban J connectivity index is 1.67. The fraction of sp³-hybridized carbons (Fsp3) is 0.333. The molecule has 1 aliphatic heterocycles. The van der Waals surface area contributed by atoms with Gasteiger partial charge in [0, 0.05) is 18.2 Å². The number of benzene rings is 3. The highest BCUT2D eigenvalue weighted by atomic mass is 16.5. The number of methoxy groups -OCH3 is 4. The maximum Gasteiger partial charge on any atom is 0.338 e. The molecule has 0 spiro atoms. The molecule has 1 aliphatic rings. The molecule has 0 bridgehead atoms. The summed E-state index contributed by atoms with van der Waals surface area (Å²) < 4.78 is 33.1. The first kappa shape index (κ1) is 27.6. The summed E-state index contributed by atoms with van der Waals surface area (Å²) in [7, 11) is 6.27. The first-order chi connectivity index (χ1) is 18.9. The van der Waals surface area contributed by atoms with E-state index in [-0.39, 0.29) is 12.5 Å². The van der Waals surface area contributed by atoms with Crippen molar-refractivity contribution in [1.82, 2.24) is 4.90 Å². The number of amides is 1. The quantitative estimate of drug-likeness (QED) is 0.345. The summed E-state index contributed by atoms with van der Waals surface area (Å²) in [5.74, 6) is 2.23. The maximum atomic E-state index is 13.9. The molecule has 9 heteroatoms. The Bertz CT molecular complexity index is 1300. The molecule has 39 heavy (non-hydrogen) atoms. The molecule has 0 radical (unpaired) electrons. The summed E-state index contributed by atoms with van der Waals surface area (Å²) in [6.07, 6.45) is 0.632. The SMILES string of the molecule is CCOC(=O)c1ccc(OCC2c3cc(OC)c(OC)cc3CCN2C(=O)c2cc(OC)cc(OC)c2)cc1. The van der Waals surface area contributed by atoms with Crippen molar-refractivity contribution in [3.8, 4) is 28.7 Å². The molecule has 1 atom stereocenters. The molecule has 1 unspecified atom stereocenters. The van der Waals surface area contributed by atoms with Crippen molar-refractivity contribution in [2.45, 2.75) is 19.4 Å². The van der Waals surface area contributed by atoms with Crippen LogP contribution < -0.4 is 23.7 Å². The molecule has 0 N–H and O–H groups in total. The van der Waals surface area contributed by atoms with Crippen molar-refractivity contribution >= 4 is 11.9 Å². The van der Waals surface area contributed by atoms with E-state index in [9.17, 15) is 9.59 Å². The van der Waals surface area contributed by atoms with E-state index in [0.717, 1.165) is 11.1 Å². The van der Waals surface area contributed by atoms with Crippen LogP contribution in [0.1, 0.15) is 44.8 Å². The Hall–Kier alpha value is -4.40. The van der Waals surface area contributed by atoms with Gasteiger partial charge in [-0.05, 0) is 73.0 Å². The number of hydrogen-bond acceptors (Lipinski definition) is 8. The standard InChI is InChI=1S/C30H33NO8/c1-6-38-30(33)19-7-9-22(10-8-19)39-18-26-25-17-28(37-5)27(36-4)15-20(25)11-12-31(26)29(32)21-13-23(34-2)16-24(14-21)35-3/h7-10,13-17,26H,6,11-12,18H2,1-5H3. The average molecular weight is 536 g/mol. The van der Waals surface area contributed by atoms with Crippen molar-refractivity contribution in [2.24, 2.45) is 0 Å². The third kappa shape index (κ3) is 6.03. The largest absolute Gasteiger partial charge is 0.497 e. The van der Waals surface area contributed by atoms with E-state index in [2.05, 4.69) is 0 Å². The van der Waals surface area contributed by atoms with E-state index in [0.29, 0.717) is 59.4 Å². The van der Waals surface area contributed by atoms with E-state index in [1.807, 2.05) is 12.1 Å². The van der Waals surface area contributed by atoms with Gasteiger partial charge in [-0.15, -0.1) is 0 Å². The number of carbonyl (C=O) groups excluding carboxylic acids is 2. The minimum Gasteiger partial charge on any atom is -0.497 e. The van der Waals surface area contributed by atoms with E-state index >= 15 is 0 Å². The summed E-state index contributed by atoms with van der Waals surface area (Å²) in [4.78, 5) is 27.7. The molecule has 1 heterocycles. The molecule has 3 aromatic rings. The lowest BCUT2D eigenvalue weighted by Gasteiger charge is -2.37. The van der Waals surface area contributed by atoms with Crippen LogP contribution in [0, 0.1) is 0 Å². The molecule has 0 saturated heterocycles. The Morgan fingerprint density at radius 3 is 2.03 bits per heavy atom. The minimum absolute atomic E-state index is 0.175. The van der Waals surface area contributed by atoms with Crippen LogP contribution >= 0.6 is 0 Å². The molecule has 0 aliphatic carbocycles. The van der Waals surface area contributed by atoms with Crippen LogP contribution in [0.5, 0.6) is 28.7 Å². The average Bonchev–Trinajstić information content (AvgIpc) is 2.98. The van der Waals surface area contributed by atoms with Gasteiger partial charge in [0.15, 0.2) is 11.5 Å². The molecular weight excluding hydrogens is 502 g/mol. The lowest BCUT2D eigenvalue weighted by atomic mass is 9.91. The normalized spacial score (nSPS) is 14.2. The van der Waals surface area contributed by atoms with Gasteiger partial charge in [-0.1, -0.05) is 0 Å². The van der Waals surface area contributed by atoms with Crippen LogP contribution in [0.25, 0.3) is 0 Å². The number of rotatable bonds is 10. The van der Waals surface area contributed by atoms with Gasteiger partial charge in [0.25, 0.3) is 5.91 Å². The zero-order valence-corrected chi connectivity index (χ0v) is 22.8. The number of esters is 1. The number of fused-ring (bicyclic) bond motifs is 1. The van der Waals surface area contributed by atoms with Crippen LogP contribution in [0.15, 0.2) is 54.6 Å². The van der Waals surface area contributed by atoms with E-state index in [4.69, 9.17) is 28.4 Å². The second kappa shape index (κ2) is 12.4. The summed E-state index contributed by atoms with van der Waals surface area (Å²) in [6, 6.07) is 15.3. The van der Waals surface area contributed by atoms with Gasteiger partial charge < -0.3 is 33.3 Å². The fourth-order valence-corrected chi connectivity index (χ4v) is 4.62. The lowest BCUT2D eigenvalue weighted by Crippen LogP contribution is -2.42. The minimum atomic E-state index is -0.428. The Morgan fingerprint density at radius 2 is 1.44 bits per heavy atom. The molecule has 9 nitrogen and oxygen atoms in total. The van der Waals surface area contributed by atoms with Gasteiger partial charge in [-0.25, -0.2) is 4.79 Å². The van der Waals surface area contributed by atoms with Crippen LogP contribution in [-0.4, -0.2) is 65.0 Å². The Labute approximate surface area is 228 Å². The number of ether oxygens (including phenoxy) is 6. The van der Waals surface area contributed by atoms with E-state index < -0.39 is 12.0 Å². The molecule has 206 valence electrons. The summed E-state index contributed by atoms with van der Waals surface area (Å²) in [5.41, 5.74) is 2.84. The van der Waals surface area contributed by atoms with Crippen molar-refractivity contribution < 1.29 is 38.0 Å². The zero-order valence-electron chi connectivity index (χ0n) is 22.8. The second-order valence-electron chi connectivity index (χ2n) is 8.83. The van der Waals surface area contributed by atoms with Crippen molar-refractivity contribution in [2.75, 3.05) is 48.2 Å². The first-order valence-electron chi connectivity index (χ1n) is 12.6. The first-order valence-corrected chi connectivity index (χ1v) is 12.6. The smallest absolute Gasteiger partial charge is 0.338 e. The molecule has 3 aromatic carbocycles. The summed E-state index contributed by atoms with van der Waals surface area (Å²) in [6.45, 7) is 2.71. The van der Waals surface area contributed by atoms with Crippen LogP contribution in [-0.2, 0) is 11.2 Å². The third-order valence-electron chi connectivity index (χ3n) is 6.64. The highest BCUT2D eigenvalue weighted by Crippen LogP contribution is 2.39. The topological polar surface area (TPSA) is 92.8 Å². The molecule has 0 saturated carbocycles. The monoisotopic (exact) mass is 535 g/mol. The highest BCUT2D eigenvalue weighted by Gasteiger charge is 2.34. The van der Waals surface area contributed by atoms with Crippen LogP contribution in [0.4, 0.5) is 0 Å². The van der Waals surface area contributed by atoms with Gasteiger partial charge >= 0.3 is 5.97 Å². The van der Waals surface area contributed by atoms with Gasteiger partial charge in [0.2, 0.25) is 0 Å².